The van der Waals surface area contributed by atoms with Crippen molar-refractivity contribution in [3.05, 3.63) is 63.6 Å². The maximum Gasteiger partial charge on any atom is 0.256 e. The highest BCUT2D eigenvalue weighted by Crippen LogP contribution is 2.42. The van der Waals surface area contributed by atoms with E-state index in [-0.39, 0.29) is 25.0 Å². The summed E-state index contributed by atoms with van der Waals surface area (Å²) in [5.41, 5.74) is 2.30. The highest BCUT2D eigenvalue weighted by molar-refractivity contribution is 6.31. The van der Waals surface area contributed by atoms with Gasteiger partial charge in [-0.25, -0.2) is 0 Å². The molecule has 0 aromatic heterocycles. The van der Waals surface area contributed by atoms with Crippen LogP contribution in [0.1, 0.15) is 37.5 Å². The number of rotatable bonds is 4. The van der Waals surface area contributed by atoms with Crippen LogP contribution in [0.5, 0.6) is 0 Å². The predicted molar refractivity (Wildman–Crippen MR) is 104 cm³/mol. The minimum Gasteiger partial charge on any atom is -0.396 e. The Labute approximate surface area is 163 Å². The molecule has 2 aromatic carbocycles. The average molecular weight is 394 g/mol. The lowest BCUT2D eigenvalue weighted by atomic mass is 9.99. The molecule has 0 saturated heterocycles. The molecule has 0 unspecified atom stereocenters. The van der Waals surface area contributed by atoms with Crippen LogP contribution < -0.4 is 4.90 Å². The number of hydrogen-bond acceptors (Lipinski definition) is 3. The molecule has 1 aliphatic heterocycles. The summed E-state index contributed by atoms with van der Waals surface area (Å²) in [6, 6.07) is 12.7. The Kier molecular flexibility index (Phi) is 5.88. The zero-order valence-electron chi connectivity index (χ0n) is 14.7. The molecule has 0 spiro atoms. The summed E-state index contributed by atoms with van der Waals surface area (Å²) < 4.78 is 6.20. The van der Waals surface area contributed by atoms with E-state index in [4.69, 9.17) is 27.9 Å². The molecule has 0 bridgehead atoms. The number of halogens is 2. The van der Waals surface area contributed by atoms with Gasteiger partial charge in [0.1, 0.15) is 12.2 Å². The number of benzene rings is 2. The molecule has 0 radical (unpaired) electrons. The van der Waals surface area contributed by atoms with Crippen LogP contribution in [0.3, 0.4) is 0 Å². The molecule has 2 atom stereocenters. The zero-order valence-corrected chi connectivity index (χ0v) is 16.2. The molecule has 1 aliphatic rings. The number of fused-ring (bicyclic) bond motifs is 1. The summed E-state index contributed by atoms with van der Waals surface area (Å²) in [5, 5.41) is 10.5. The van der Waals surface area contributed by atoms with Gasteiger partial charge in [0, 0.05) is 40.2 Å². The number of ether oxygens (including phenoxy) is 1. The second-order valence-corrected chi connectivity index (χ2v) is 7.39. The van der Waals surface area contributed by atoms with E-state index >= 15 is 0 Å². The van der Waals surface area contributed by atoms with Crippen molar-refractivity contribution in [3.63, 3.8) is 0 Å². The lowest BCUT2D eigenvalue weighted by Crippen LogP contribution is -2.43. The van der Waals surface area contributed by atoms with Crippen molar-refractivity contribution in [3.8, 4) is 0 Å². The van der Waals surface area contributed by atoms with Crippen molar-refractivity contribution in [2.24, 2.45) is 0 Å². The van der Waals surface area contributed by atoms with E-state index in [1.54, 1.807) is 17.0 Å². The first-order chi connectivity index (χ1) is 12.4. The second-order valence-electron chi connectivity index (χ2n) is 6.54. The number of aliphatic hydroxyl groups is 1. The molecule has 1 amide bonds. The van der Waals surface area contributed by atoms with Crippen molar-refractivity contribution in [2.75, 3.05) is 11.5 Å². The van der Waals surface area contributed by atoms with Gasteiger partial charge in [-0.05, 0) is 38.1 Å². The molecule has 2 aromatic rings. The lowest BCUT2D eigenvalue weighted by molar-refractivity contribution is -0.133. The van der Waals surface area contributed by atoms with Crippen molar-refractivity contribution in [1.82, 2.24) is 0 Å². The number of anilines is 1. The zero-order chi connectivity index (χ0) is 18.8. The van der Waals surface area contributed by atoms with E-state index in [1.165, 1.54) is 0 Å². The van der Waals surface area contributed by atoms with Gasteiger partial charge < -0.3 is 14.7 Å². The molecule has 3 rings (SSSR count). The van der Waals surface area contributed by atoms with Gasteiger partial charge in [-0.1, -0.05) is 41.4 Å². The number of carbonyl (C=O) groups excluding carboxylic acids is 1. The third-order valence-electron chi connectivity index (χ3n) is 4.44. The van der Waals surface area contributed by atoms with Crippen molar-refractivity contribution >= 4 is 34.8 Å². The minimum absolute atomic E-state index is 0.0720. The Bertz CT molecular complexity index is 809. The molecule has 1 N–H and O–H groups in total. The normalized spacial score (nSPS) is 20.2. The lowest BCUT2D eigenvalue weighted by Gasteiger charge is -2.28. The van der Waals surface area contributed by atoms with E-state index in [0.717, 1.165) is 16.8 Å². The fourth-order valence-electron chi connectivity index (χ4n) is 3.29. The van der Waals surface area contributed by atoms with Crippen LogP contribution in [0.2, 0.25) is 10.0 Å². The molecule has 138 valence electrons. The van der Waals surface area contributed by atoms with Gasteiger partial charge in [-0.15, -0.1) is 0 Å². The monoisotopic (exact) mass is 393 g/mol. The quantitative estimate of drug-likeness (QED) is 0.824. The second kappa shape index (κ2) is 7.97. The van der Waals surface area contributed by atoms with Crippen LogP contribution in [0.25, 0.3) is 0 Å². The first-order valence-electron chi connectivity index (χ1n) is 8.57. The van der Waals surface area contributed by atoms with Gasteiger partial charge in [-0.2, -0.15) is 0 Å². The third-order valence-corrected chi connectivity index (χ3v) is 5.02. The molecule has 0 saturated carbocycles. The standard InChI is InChI=1S/C20H21Cl2NO3/c1-12(2)23-17-8-7-13(21)11-15(17)19(14-5-3-4-6-16(14)22)26-18(9-10-24)20(23)25/h3-8,11-12,18-19,24H,9-10H2,1-2H3/t18-,19-/m0/s1. The Morgan fingerprint density at radius 3 is 2.54 bits per heavy atom. The summed E-state index contributed by atoms with van der Waals surface area (Å²) in [5.74, 6) is -0.174. The minimum atomic E-state index is -0.769. The van der Waals surface area contributed by atoms with Gasteiger partial charge >= 0.3 is 0 Å². The summed E-state index contributed by atoms with van der Waals surface area (Å²) in [6.07, 6.45) is -1.11. The van der Waals surface area contributed by atoms with Crippen LogP contribution in [0, 0.1) is 0 Å². The largest absolute Gasteiger partial charge is 0.396 e. The number of nitrogens with zero attached hydrogens (tertiary/aromatic N) is 1. The van der Waals surface area contributed by atoms with E-state index < -0.39 is 12.2 Å². The molecule has 0 aliphatic carbocycles. The highest BCUT2D eigenvalue weighted by Gasteiger charge is 2.37. The van der Waals surface area contributed by atoms with Gasteiger partial charge in [0.05, 0.1) is 5.69 Å². The Morgan fingerprint density at radius 2 is 1.88 bits per heavy atom. The molecule has 4 nitrogen and oxygen atoms in total. The van der Waals surface area contributed by atoms with E-state index in [2.05, 4.69) is 0 Å². The topological polar surface area (TPSA) is 49.8 Å². The third kappa shape index (κ3) is 3.60. The molecular weight excluding hydrogens is 373 g/mol. The van der Waals surface area contributed by atoms with Gasteiger partial charge in [0.25, 0.3) is 5.91 Å². The number of carbonyl (C=O) groups is 1. The van der Waals surface area contributed by atoms with Crippen LogP contribution in [0.15, 0.2) is 42.5 Å². The molecular formula is C20H21Cl2NO3. The van der Waals surface area contributed by atoms with Crippen LogP contribution in [0.4, 0.5) is 5.69 Å². The van der Waals surface area contributed by atoms with Gasteiger partial charge in [-0.3, -0.25) is 4.79 Å². The first kappa shape index (κ1) is 19.2. The van der Waals surface area contributed by atoms with E-state index in [1.807, 2.05) is 44.2 Å². The number of aliphatic hydroxyl groups excluding tert-OH is 1. The predicted octanol–water partition coefficient (Wildman–Crippen LogP) is 4.61. The smallest absolute Gasteiger partial charge is 0.256 e. The summed E-state index contributed by atoms with van der Waals surface area (Å²) in [4.78, 5) is 14.8. The van der Waals surface area contributed by atoms with Gasteiger partial charge in [0.2, 0.25) is 0 Å². The van der Waals surface area contributed by atoms with Crippen LogP contribution >= 0.6 is 23.2 Å². The SMILES string of the molecule is CC(C)N1C(=O)[C@H](CCO)O[C@@H](c2ccccc2Cl)c2cc(Cl)ccc21. The number of amides is 1. The number of hydrogen-bond donors (Lipinski definition) is 1. The molecule has 6 heteroatoms. The Morgan fingerprint density at radius 1 is 1.15 bits per heavy atom. The van der Waals surface area contributed by atoms with Crippen LogP contribution in [-0.4, -0.2) is 29.8 Å². The van der Waals surface area contributed by atoms with E-state index in [0.29, 0.717) is 10.0 Å². The summed E-state index contributed by atoms with van der Waals surface area (Å²) in [6.45, 7) is 3.75. The fraction of sp³-hybridized carbons (Fsp3) is 0.350. The Balaban J connectivity index is 2.23. The molecule has 26 heavy (non-hydrogen) atoms. The summed E-state index contributed by atoms with van der Waals surface area (Å²) in [7, 11) is 0. The van der Waals surface area contributed by atoms with Crippen molar-refractivity contribution in [1.29, 1.82) is 0 Å². The maximum absolute atomic E-state index is 13.1. The average Bonchev–Trinajstić information content (AvgIpc) is 2.71. The maximum atomic E-state index is 13.1. The summed E-state index contributed by atoms with van der Waals surface area (Å²) >= 11 is 12.7. The molecule has 1 heterocycles. The van der Waals surface area contributed by atoms with Gasteiger partial charge in [0.15, 0.2) is 0 Å². The van der Waals surface area contributed by atoms with E-state index in [9.17, 15) is 9.90 Å². The van der Waals surface area contributed by atoms with Crippen molar-refractivity contribution < 1.29 is 14.6 Å². The first-order valence-corrected chi connectivity index (χ1v) is 9.33. The Hall–Kier alpha value is -1.59. The highest BCUT2D eigenvalue weighted by atomic mass is 35.5. The van der Waals surface area contributed by atoms with Crippen LogP contribution in [-0.2, 0) is 9.53 Å². The van der Waals surface area contributed by atoms with Crippen molar-refractivity contribution in [2.45, 2.75) is 38.5 Å². The fourth-order valence-corrected chi connectivity index (χ4v) is 3.71. The molecule has 0 fully saturated rings.